The summed E-state index contributed by atoms with van der Waals surface area (Å²) in [5, 5.41) is 4.45. The lowest BCUT2D eigenvalue weighted by Crippen LogP contribution is -1.92. The van der Waals surface area contributed by atoms with Gasteiger partial charge in [0.2, 0.25) is 0 Å². The molecule has 2 nitrogen and oxygen atoms in total. The lowest BCUT2D eigenvalue weighted by Gasteiger charge is -2.03. The number of hydrogen-bond acceptors (Lipinski definition) is 3. The molecule has 0 aliphatic carbocycles. The van der Waals surface area contributed by atoms with Gasteiger partial charge in [-0.15, -0.1) is 11.3 Å². The summed E-state index contributed by atoms with van der Waals surface area (Å²) in [7, 11) is 0. The zero-order valence-corrected chi connectivity index (χ0v) is 15.0. The first-order chi connectivity index (χ1) is 10.6. The maximum atomic E-state index is 6.17. The van der Waals surface area contributed by atoms with Crippen molar-refractivity contribution < 1.29 is 4.42 Å². The van der Waals surface area contributed by atoms with Gasteiger partial charge < -0.3 is 10.2 Å². The first-order valence-corrected chi connectivity index (χ1v) is 9.01. The Hall–Kier alpha value is -1.53. The molecular formula is C18H14INOS. The average molecular weight is 419 g/mol. The number of hydrogen-bond donors (Lipinski definition) is 1. The summed E-state index contributed by atoms with van der Waals surface area (Å²) in [5.41, 5.74) is 10.4. The minimum absolute atomic E-state index is 0.772. The predicted molar refractivity (Wildman–Crippen MR) is 103 cm³/mol. The van der Waals surface area contributed by atoms with Crippen LogP contribution < -0.4 is 5.73 Å². The van der Waals surface area contributed by atoms with Crippen LogP contribution in [0, 0.1) is 10.5 Å². The number of nitrogen functional groups attached to an aromatic ring is 1. The van der Waals surface area contributed by atoms with Crippen LogP contribution in [-0.2, 0) is 6.42 Å². The van der Waals surface area contributed by atoms with Crippen LogP contribution in [0.2, 0.25) is 0 Å². The van der Waals surface area contributed by atoms with Gasteiger partial charge in [0.15, 0.2) is 0 Å². The largest absolute Gasteiger partial charge is 0.460 e. The second-order valence-electron chi connectivity index (χ2n) is 5.46. The van der Waals surface area contributed by atoms with Gasteiger partial charge in [0.1, 0.15) is 11.3 Å². The third-order valence-corrected chi connectivity index (χ3v) is 5.79. The third-order valence-electron chi connectivity index (χ3n) is 4.03. The van der Waals surface area contributed by atoms with E-state index in [2.05, 4.69) is 59.2 Å². The topological polar surface area (TPSA) is 39.2 Å². The van der Waals surface area contributed by atoms with Crippen LogP contribution in [0.1, 0.15) is 16.9 Å². The van der Waals surface area contributed by atoms with E-state index in [4.69, 9.17) is 10.2 Å². The van der Waals surface area contributed by atoms with E-state index in [0.717, 1.165) is 28.8 Å². The lowest BCUT2D eigenvalue weighted by atomic mass is 10.0. The van der Waals surface area contributed by atoms with Crippen molar-refractivity contribution in [2.75, 3.05) is 5.73 Å². The highest BCUT2D eigenvalue weighted by Gasteiger charge is 2.14. The monoisotopic (exact) mass is 419 g/mol. The summed E-state index contributed by atoms with van der Waals surface area (Å²) >= 11 is 4.09. The van der Waals surface area contributed by atoms with E-state index >= 15 is 0 Å². The molecule has 4 aromatic rings. The maximum absolute atomic E-state index is 6.17. The molecule has 4 heteroatoms. The Balaban J connectivity index is 1.82. The molecule has 4 rings (SSSR count). The van der Waals surface area contributed by atoms with Crippen molar-refractivity contribution in [3.63, 3.8) is 0 Å². The second kappa shape index (κ2) is 5.28. The molecular weight excluding hydrogens is 405 g/mol. The molecule has 0 unspecified atom stereocenters. The van der Waals surface area contributed by atoms with Gasteiger partial charge in [-0.3, -0.25) is 0 Å². The predicted octanol–water partition coefficient (Wildman–Crippen LogP) is 5.73. The Morgan fingerprint density at radius 1 is 1.23 bits per heavy atom. The molecule has 110 valence electrons. The van der Waals surface area contributed by atoms with E-state index in [-0.39, 0.29) is 0 Å². The van der Waals surface area contributed by atoms with E-state index in [1.54, 1.807) is 11.3 Å². The Bertz CT molecular complexity index is 999. The fraction of sp³-hybridized carbons (Fsp3) is 0.111. The Morgan fingerprint density at radius 2 is 2.09 bits per heavy atom. The first kappa shape index (κ1) is 14.1. The first-order valence-electron chi connectivity index (χ1n) is 7.05. The van der Waals surface area contributed by atoms with Crippen molar-refractivity contribution in [2.24, 2.45) is 0 Å². The van der Waals surface area contributed by atoms with Crippen LogP contribution in [0.25, 0.3) is 21.1 Å². The maximum Gasteiger partial charge on any atom is 0.135 e. The Kier molecular flexibility index (Phi) is 3.38. The molecule has 2 aromatic heterocycles. The van der Waals surface area contributed by atoms with Crippen molar-refractivity contribution in [3.8, 4) is 0 Å². The molecule has 0 aliphatic rings. The fourth-order valence-corrected chi connectivity index (χ4v) is 4.68. The van der Waals surface area contributed by atoms with Crippen LogP contribution in [0.15, 0.2) is 46.2 Å². The molecule has 2 N–H and O–H groups in total. The highest BCUT2D eigenvalue weighted by atomic mass is 127. The highest BCUT2D eigenvalue weighted by Crippen LogP contribution is 2.33. The van der Waals surface area contributed by atoms with Crippen molar-refractivity contribution in [3.05, 3.63) is 62.2 Å². The molecule has 0 atom stereocenters. The van der Waals surface area contributed by atoms with Gasteiger partial charge >= 0.3 is 0 Å². The zero-order valence-electron chi connectivity index (χ0n) is 12.0. The number of fused-ring (bicyclic) bond motifs is 2. The average Bonchev–Trinajstić information content (AvgIpc) is 3.06. The minimum Gasteiger partial charge on any atom is -0.460 e. The molecule has 0 saturated heterocycles. The quantitative estimate of drug-likeness (QED) is 0.333. The summed E-state index contributed by atoms with van der Waals surface area (Å²) in [4.78, 5) is 0. The molecule has 22 heavy (non-hydrogen) atoms. The number of aryl methyl sites for hydroxylation is 1. The summed E-state index contributed by atoms with van der Waals surface area (Å²) in [6.07, 6.45) is 0.772. The molecule has 2 heterocycles. The molecule has 0 bridgehead atoms. The van der Waals surface area contributed by atoms with Crippen molar-refractivity contribution in [2.45, 2.75) is 13.3 Å². The van der Waals surface area contributed by atoms with Gasteiger partial charge in [-0.2, -0.15) is 0 Å². The number of nitrogens with two attached hydrogens (primary N) is 1. The van der Waals surface area contributed by atoms with Gasteiger partial charge in [-0.1, -0.05) is 6.07 Å². The van der Waals surface area contributed by atoms with E-state index in [9.17, 15) is 0 Å². The van der Waals surface area contributed by atoms with Crippen LogP contribution in [0.5, 0.6) is 0 Å². The summed E-state index contributed by atoms with van der Waals surface area (Å²) in [6, 6.07) is 12.5. The molecule has 0 amide bonds. The van der Waals surface area contributed by atoms with E-state index in [1.165, 1.54) is 24.8 Å². The summed E-state index contributed by atoms with van der Waals surface area (Å²) in [5.74, 6) is 1.02. The van der Waals surface area contributed by atoms with Crippen molar-refractivity contribution in [1.29, 1.82) is 0 Å². The van der Waals surface area contributed by atoms with Crippen molar-refractivity contribution >= 4 is 60.7 Å². The number of benzene rings is 2. The standard InChI is InChI=1S/C18H14INOS/c1-10-16(21-15-4-2-3-13(19)18(10)15)8-11-7-14(20)12-5-6-22-17(12)9-11/h2-7,9H,8,20H2,1H3. The zero-order chi connectivity index (χ0) is 15.3. The van der Waals surface area contributed by atoms with Gasteiger partial charge in [-0.05, 0) is 76.4 Å². The second-order valence-corrected chi connectivity index (χ2v) is 7.57. The number of thiophene rings is 1. The summed E-state index contributed by atoms with van der Waals surface area (Å²) in [6.45, 7) is 2.14. The lowest BCUT2D eigenvalue weighted by molar-refractivity contribution is 0.559. The van der Waals surface area contributed by atoms with Crippen LogP contribution in [0.3, 0.4) is 0 Å². The molecule has 2 aromatic carbocycles. The van der Waals surface area contributed by atoms with Gasteiger partial charge in [0, 0.05) is 31.2 Å². The fourth-order valence-electron chi connectivity index (χ4n) is 2.92. The molecule has 0 fully saturated rings. The summed E-state index contributed by atoms with van der Waals surface area (Å²) < 4.78 is 8.54. The number of rotatable bonds is 2. The Labute approximate surface area is 146 Å². The van der Waals surface area contributed by atoms with E-state index < -0.39 is 0 Å². The molecule has 0 aliphatic heterocycles. The van der Waals surface area contributed by atoms with Gasteiger partial charge in [0.25, 0.3) is 0 Å². The number of anilines is 1. The Morgan fingerprint density at radius 3 is 2.91 bits per heavy atom. The molecule has 0 radical (unpaired) electrons. The minimum atomic E-state index is 0.772. The number of furan rings is 1. The van der Waals surface area contributed by atoms with E-state index in [1.807, 2.05) is 12.1 Å². The third kappa shape index (κ3) is 2.21. The smallest absolute Gasteiger partial charge is 0.135 e. The van der Waals surface area contributed by atoms with Gasteiger partial charge in [-0.25, -0.2) is 0 Å². The van der Waals surface area contributed by atoms with Crippen LogP contribution in [-0.4, -0.2) is 0 Å². The SMILES string of the molecule is Cc1c(Cc2cc(N)c3ccsc3c2)oc2cccc(I)c12. The molecule has 0 saturated carbocycles. The van der Waals surface area contributed by atoms with Crippen molar-refractivity contribution in [1.82, 2.24) is 0 Å². The van der Waals surface area contributed by atoms with Crippen LogP contribution in [0.4, 0.5) is 5.69 Å². The molecule has 0 spiro atoms. The number of halogens is 1. The highest BCUT2D eigenvalue weighted by molar-refractivity contribution is 14.1. The van der Waals surface area contributed by atoms with Gasteiger partial charge in [0.05, 0.1) is 0 Å². The van der Waals surface area contributed by atoms with Crippen LogP contribution >= 0.6 is 33.9 Å². The normalized spacial score (nSPS) is 11.5. The van der Waals surface area contributed by atoms with E-state index in [0.29, 0.717) is 0 Å².